The van der Waals surface area contributed by atoms with Crippen molar-refractivity contribution in [1.82, 2.24) is 19.9 Å². The lowest BCUT2D eigenvalue weighted by Crippen LogP contribution is -2.68. The highest BCUT2D eigenvalue weighted by Crippen LogP contribution is 2.66. The van der Waals surface area contributed by atoms with E-state index >= 15 is 0 Å². The minimum Gasteiger partial charge on any atom is -0.336 e. The first-order valence-corrected chi connectivity index (χ1v) is 19.5. The van der Waals surface area contributed by atoms with Gasteiger partial charge in [-0.2, -0.15) is 0 Å². The Bertz CT molecular complexity index is 2040. The van der Waals surface area contributed by atoms with Crippen LogP contribution in [0.25, 0.3) is 0 Å². The second kappa shape index (κ2) is 13.8. The Morgan fingerprint density at radius 2 is 0.759 bits per heavy atom. The molecule has 6 heteroatoms. The van der Waals surface area contributed by atoms with Crippen molar-refractivity contribution in [1.29, 1.82) is 0 Å². The molecule has 2 aliphatic carbocycles. The van der Waals surface area contributed by atoms with Crippen LogP contribution in [0.2, 0.25) is 0 Å². The number of fused-ring (bicyclic) bond motifs is 2. The van der Waals surface area contributed by atoms with Crippen molar-refractivity contribution in [3.63, 3.8) is 0 Å². The summed E-state index contributed by atoms with van der Waals surface area (Å²) < 4.78 is 0. The summed E-state index contributed by atoms with van der Waals surface area (Å²) in [7, 11) is 0. The second-order valence-electron chi connectivity index (χ2n) is 16.7. The topological polar surface area (TPSA) is 58.0 Å². The summed E-state index contributed by atoms with van der Waals surface area (Å²) in [4.78, 5) is 25.9. The zero-order chi connectivity index (χ0) is 37.6. The van der Waals surface area contributed by atoms with Crippen molar-refractivity contribution in [3.05, 3.63) is 168 Å². The van der Waals surface area contributed by atoms with Crippen molar-refractivity contribution in [2.75, 3.05) is 9.80 Å². The molecule has 0 amide bonds. The molecular formula is C48H52N6. The van der Waals surface area contributed by atoms with Crippen molar-refractivity contribution >= 4 is 22.7 Å². The molecule has 0 N–H and O–H groups in total. The zero-order valence-electron chi connectivity index (χ0n) is 32.6. The van der Waals surface area contributed by atoms with Crippen LogP contribution in [0.5, 0.6) is 0 Å². The van der Waals surface area contributed by atoms with E-state index in [1.54, 1.807) is 0 Å². The summed E-state index contributed by atoms with van der Waals surface area (Å²) in [5.41, 5.74) is 8.25. The molecule has 0 spiro atoms. The van der Waals surface area contributed by atoms with Gasteiger partial charge >= 0.3 is 0 Å². The van der Waals surface area contributed by atoms with E-state index in [4.69, 9.17) is 19.9 Å². The molecule has 2 atom stereocenters. The van der Waals surface area contributed by atoms with Crippen LogP contribution in [0, 0.1) is 27.7 Å². The first-order valence-electron chi connectivity index (χ1n) is 19.5. The van der Waals surface area contributed by atoms with Crippen molar-refractivity contribution in [3.8, 4) is 0 Å². The monoisotopic (exact) mass is 712 g/mol. The molecule has 2 saturated carbocycles. The van der Waals surface area contributed by atoms with Crippen molar-refractivity contribution in [2.24, 2.45) is 0 Å². The Morgan fingerprint density at radius 1 is 0.444 bits per heavy atom. The van der Waals surface area contributed by atoms with E-state index in [-0.39, 0.29) is 11.1 Å². The molecule has 0 radical (unpaired) electrons. The van der Waals surface area contributed by atoms with Crippen LogP contribution in [0.4, 0.5) is 22.7 Å². The SMILES string of the molecule is CCC1(N(c2ccc(C)cc2)c2ccc(C)cc2)CC2(c3ncccn3)CC(c3ncccn3)(CC(C)(N(c3ccc(C)cc3)c3ccc(C)cc3)C2)C1. The molecule has 2 aromatic heterocycles. The number of aryl methyl sites for hydroxylation is 4. The van der Waals surface area contributed by atoms with Gasteiger partial charge in [0.2, 0.25) is 0 Å². The van der Waals surface area contributed by atoms with Gasteiger partial charge in [-0.1, -0.05) is 77.7 Å². The molecule has 4 aromatic carbocycles. The van der Waals surface area contributed by atoms with E-state index in [2.05, 4.69) is 148 Å². The summed E-state index contributed by atoms with van der Waals surface area (Å²) in [5.74, 6) is 1.82. The van der Waals surface area contributed by atoms with Gasteiger partial charge in [-0.05, 0) is 134 Å². The quantitative estimate of drug-likeness (QED) is 0.149. The van der Waals surface area contributed by atoms with Gasteiger partial charge in [0.15, 0.2) is 0 Å². The van der Waals surface area contributed by atoms with Crippen LogP contribution in [-0.4, -0.2) is 31.0 Å². The molecule has 6 nitrogen and oxygen atoms in total. The normalized spacial score (nSPS) is 24.9. The molecule has 54 heavy (non-hydrogen) atoms. The number of benzene rings is 4. The smallest absolute Gasteiger partial charge is 0.134 e. The Hall–Kier alpha value is -5.36. The van der Waals surface area contributed by atoms with Gasteiger partial charge in [-0.25, -0.2) is 19.9 Å². The maximum atomic E-state index is 5.17. The number of anilines is 4. The lowest BCUT2D eigenvalue weighted by molar-refractivity contribution is 0.00744. The number of aromatic nitrogens is 4. The molecule has 2 unspecified atom stereocenters. The molecule has 274 valence electrons. The largest absolute Gasteiger partial charge is 0.336 e. The molecule has 2 bridgehead atoms. The number of hydrogen-bond acceptors (Lipinski definition) is 6. The Labute approximate surface area is 321 Å². The third kappa shape index (κ3) is 6.36. The molecule has 2 heterocycles. The minimum atomic E-state index is -0.414. The van der Waals surface area contributed by atoms with Crippen LogP contribution >= 0.6 is 0 Å². The third-order valence-electron chi connectivity index (χ3n) is 12.4. The molecule has 8 rings (SSSR count). The predicted octanol–water partition coefficient (Wildman–Crippen LogP) is 11.2. The Kier molecular flexibility index (Phi) is 9.12. The lowest BCUT2D eigenvalue weighted by Gasteiger charge is -2.66. The number of hydrogen-bond donors (Lipinski definition) is 0. The summed E-state index contributed by atoms with van der Waals surface area (Å²) in [6, 6.07) is 40.2. The minimum absolute atomic E-state index is 0.318. The number of rotatable bonds is 9. The molecule has 0 aliphatic heterocycles. The number of nitrogens with zero attached hydrogens (tertiary/aromatic N) is 6. The van der Waals surface area contributed by atoms with E-state index < -0.39 is 10.8 Å². The van der Waals surface area contributed by atoms with E-state index in [1.165, 1.54) is 45.0 Å². The second-order valence-corrected chi connectivity index (χ2v) is 16.7. The van der Waals surface area contributed by atoms with Gasteiger partial charge in [0, 0.05) is 69.4 Å². The highest BCUT2D eigenvalue weighted by atomic mass is 15.2. The molecule has 0 saturated heterocycles. The average molecular weight is 713 g/mol. The van der Waals surface area contributed by atoms with Gasteiger partial charge in [-0.3, -0.25) is 0 Å². The van der Waals surface area contributed by atoms with Crippen LogP contribution in [0.1, 0.15) is 86.3 Å². The van der Waals surface area contributed by atoms with E-state index in [1.807, 2.05) is 36.9 Å². The third-order valence-corrected chi connectivity index (χ3v) is 12.4. The van der Waals surface area contributed by atoms with E-state index in [0.29, 0.717) is 0 Å². The summed E-state index contributed by atoms with van der Waals surface area (Å²) >= 11 is 0. The van der Waals surface area contributed by atoms with Crippen molar-refractivity contribution < 1.29 is 0 Å². The fourth-order valence-corrected chi connectivity index (χ4v) is 10.5. The van der Waals surface area contributed by atoms with Gasteiger partial charge in [0.1, 0.15) is 11.6 Å². The standard InChI is InChI=1S/C48H52N6/c1-7-48(54(41-22-14-37(4)15-23-41)42-24-16-38(5)17-25-42)33-46(43-49-26-8-27-50-43)30-45(6,31-47(32-46,34-48)44-51-28-9-29-52-44)53(39-18-10-35(2)11-19-39)40-20-12-36(3)13-21-40/h8-29H,7,30-34H2,1-6H3. The van der Waals surface area contributed by atoms with E-state index in [9.17, 15) is 0 Å². The fraction of sp³-hybridized carbons (Fsp3) is 0.333. The zero-order valence-corrected chi connectivity index (χ0v) is 32.6. The highest BCUT2D eigenvalue weighted by Gasteiger charge is 2.66. The first-order chi connectivity index (χ1) is 26.1. The fourth-order valence-electron chi connectivity index (χ4n) is 10.5. The van der Waals surface area contributed by atoms with Crippen LogP contribution in [0.3, 0.4) is 0 Å². The van der Waals surface area contributed by atoms with Gasteiger partial charge in [-0.15, -0.1) is 0 Å². The predicted molar refractivity (Wildman–Crippen MR) is 221 cm³/mol. The summed E-state index contributed by atoms with van der Waals surface area (Å²) in [6.07, 6.45) is 13.0. The first kappa shape index (κ1) is 35.7. The van der Waals surface area contributed by atoms with Gasteiger partial charge in [0.05, 0.1) is 0 Å². The van der Waals surface area contributed by atoms with Crippen LogP contribution in [-0.2, 0) is 10.8 Å². The van der Waals surface area contributed by atoms with Crippen molar-refractivity contribution in [2.45, 2.75) is 102 Å². The molecule has 6 aromatic rings. The summed E-state index contributed by atoms with van der Waals surface area (Å²) in [6.45, 7) is 13.5. The van der Waals surface area contributed by atoms with Crippen LogP contribution < -0.4 is 9.80 Å². The van der Waals surface area contributed by atoms with Gasteiger partial charge in [0.25, 0.3) is 0 Å². The molecular weight excluding hydrogens is 661 g/mol. The lowest BCUT2D eigenvalue weighted by atomic mass is 9.45. The van der Waals surface area contributed by atoms with Crippen LogP contribution in [0.15, 0.2) is 134 Å². The summed E-state index contributed by atoms with van der Waals surface area (Å²) in [5, 5.41) is 0. The van der Waals surface area contributed by atoms with E-state index in [0.717, 1.165) is 50.2 Å². The Balaban J connectivity index is 1.40. The molecule has 2 fully saturated rings. The van der Waals surface area contributed by atoms with Gasteiger partial charge < -0.3 is 9.80 Å². The average Bonchev–Trinajstić information content (AvgIpc) is 3.18. The molecule has 2 aliphatic rings. The highest BCUT2D eigenvalue weighted by molar-refractivity contribution is 5.69. The Morgan fingerprint density at radius 3 is 1.07 bits per heavy atom. The maximum Gasteiger partial charge on any atom is 0.134 e. The maximum absolute atomic E-state index is 5.17.